The SMILES string of the molecule is CC[C@@]1(c2ccc(F)cc2)NC(=O)N(CC(=O)Nc2cccnc2Cl)C1=O. The number of nitrogens with zero attached hydrogens (tertiary/aromatic N) is 2. The van der Waals surface area contributed by atoms with Gasteiger partial charge in [0, 0.05) is 6.20 Å². The zero-order valence-electron chi connectivity index (χ0n) is 14.3. The van der Waals surface area contributed by atoms with Crippen LogP contribution in [-0.4, -0.2) is 34.3 Å². The van der Waals surface area contributed by atoms with E-state index in [-0.39, 0.29) is 17.3 Å². The van der Waals surface area contributed by atoms with Gasteiger partial charge in [-0.15, -0.1) is 0 Å². The second kappa shape index (κ2) is 7.32. The number of amides is 4. The minimum Gasteiger partial charge on any atom is -0.322 e. The highest BCUT2D eigenvalue weighted by atomic mass is 35.5. The van der Waals surface area contributed by atoms with Crippen molar-refractivity contribution in [3.63, 3.8) is 0 Å². The Hall–Kier alpha value is -3.00. The molecule has 1 saturated heterocycles. The normalized spacial score (nSPS) is 19.1. The van der Waals surface area contributed by atoms with Crippen LogP contribution in [0.4, 0.5) is 14.9 Å². The number of hydrogen-bond donors (Lipinski definition) is 2. The molecule has 0 bridgehead atoms. The van der Waals surface area contributed by atoms with Crippen LogP contribution in [0.15, 0.2) is 42.6 Å². The highest BCUT2D eigenvalue weighted by Gasteiger charge is 2.51. The molecule has 1 aliphatic rings. The van der Waals surface area contributed by atoms with Gasteiger partial charge >= 0.3 is 6.03 Å². The van der Waals surface area contributed by atoms with Crippen molar-refractivity contribution in [3.8, 4) is 0 Å². The smallest absolute Gasteiger partial charge is 0.322 e. The molecule has 2 N–H and O–H groups in total. The van der Waals surface area contributed by atoms with Gasteiger partial charge in [0.15, 0.2) is 5.15 Å². The van der Waals surface area contributed by atoms with Crippen molar-refractivity contribution in [2.45, 2.75) is 18.9 Å². The first-order chi connectivity index (χ1) is 12.9. The van der Waals surface area contributed by atoms with Gasteiger partial charge in [-0.25, -0.2) is 14.2 Å². The summed E-state index contributed by atoms with van der Waals surface area (Å²) >= 11 is 5.89. The summed E-state index contributed by atoms with van der Waals surface area (Å²) in [6, 6.07) is 7.75. The lowest BCUT2D eigenvalue weighted by Gasteiger charge is -2.25. The largest absolute Gasteiger partial charge is 0.325 e. The molecule has 140 valence electrons. The van der Waals surface area contributed by atoms with Crippen LogP contribution in [0.3, 0.4) is 0 Å². The fraction of sp³-hybridized carbons (Fsp3) is 0.222. The summed E-state index contributed by atoms with van der Waals surface area (Å²) in [5.41, 5.74) is -0.615. The van der Waals surface area contributed by atoms with Crippen LogP contribution in [0.1, 0.15) is 18.9 Å². The first kappa shape index (κ1) is 18.8. The van der Waals surface area contributed by atoms with Gasteiger partial charge in [-0.05, 0) is 36.2 Å². The number of anilines is 1. The lowest BCUT2D eigenvalue weighted by atomic mass is 9.87. The molecule has 9 heteroatoms. The van der Waals surface area contributed by atoms with Gasteiger partial charge in [-0.3, -0.25) is 14.5 Å². The second-order valence-corrected chi connectivity index (χ2v) is 6.34. The summed E-state index contributed by atoms with van der Waals surface area (Å²) in [4.78, 5) is 42.2. The van der Waals surface area contributed by atoms with E-state index in [0.29, 0.717) is 5.56 Å². The molecule has 2 heterocycles. The molecule has 0 spiro atoms. The molecule has 0 aliphatic carbocycles. The van der Waals surface area contributed by atoms with Gasteiger partial charge in [-0.2, -0.15) is 0 Å². The van der Waals surface area contributed by atoms with Crippen molar-refractivity contribution in [2.24, 2.45) is 0 Å². The summed E-state index contributed by atoms with van der Waals surface area (Å²) in [6.07, 6.45) is 1.71. The Morgan fingerprint density at radius 1 is 1.30 bits per heavy atom. The monoisotopic (exact) mass is 390 g/mol. The zero-order valence-corrected chi connectivity index (χ0v) is 15.1. The molecule has 1 fully saturated rings. The van der Waals surface area contributed by atoms with Crippen molar-refractivity contribution in [1.29, 1.82) is 0 Å². The minimum atomic E-state index is -1.34. The number of urea groups is 1. The molecule has 7 nitrogen and oxygen atoms in total. The summed E-state index contributed by atoms with van der Waals surface area (Å²) in [6.45, 7) is 1.24. The number of hydrogen-bond acceptors (Lipinski definition) is 4. The van der Waals surface area contributed by atoms with E-state index in [1.54, 1.807) is 19.1 Å². The molecule has 3 rings (SSSR count). The van der Waals surface area contributed by atoms with E-state index in [1.165, 1.54) is 30.5 Å². The van der Waals surface area contributed by atoms with E-state index in [1.807, 2.05) is 0 Å². The van der Waals surface area contributed by atoms with Crippen LogP contribution in [0, 0.1) is 5.82 Å². The molecule has 1 aliphatic heterocycles. The molecule has 0 radical (unpaired) electrons. The highest BCUT2D eigenvalue weighted by Crippen LogP contribution is 2.32. The van der Waals surface area contributed by atoms with Crippen molar-refractivity contribution < 1.29 is 18.8 Å². The second-order valence-electron chi connectivity index (χ2n) is 5.98. The Morgan fingerprint density at radius 2 is 2.00 bits per heavy atom. The maximum atomic E-state index is 13.2. The van der Waals surface area contributed by atoms with E-state index < -0.39 is 35.7 Å². The summed E-state index contributed by atoms with van der Waals surface area (Å²) in [5, 5.41) is 5.24. The molecule has 27 heavy (non-hydrogen) atoms. The molecule has 0 unspecified atom stereocenters. The number of pyridine rings is 1. The molecular formula is C18H16ClFN4O3. The minimum absolute atomic E-state index is 0.0947. The first-order valence-electron chi connectivity index (χ1n) is 8.18. The number of halogens is 2. The fourth-order valence-electron chi connectivity index (χ4n) is 2.96. The number of rotatable bonds is 5. The van der Waals surface area contributed by atoms with Gasteiger partial charge in [0.2, 0.25) is 5.91 Å². The standard InChI is InChI=1S/C18H16ClFN4O3/c1-2-18(11-5-7-12(20)8-6-11)16(26)24(17(27)23-18)10-14(25)22-13-4-3-9-21-15(13)19/h3-9H,2,10H2,1H3,(H,22,25)(H,23,27)/t18-/m0/s1. The molecule has 4 amide bonds. The summed E-state index contributed by atoms with van der Waals surface area (Å²) in [5.74, 6) is -1.63. The highest BCUT2D eigenvalue weighted by molar-refractivity contribution is 6.32. The predicted octanol–water partition coefficient (Wildman–Crippen LogP) is 2.67. The van der Waals surface area contributed by atoms with E-state index >= 15 is 0 Å². The number of aromatic nitrogens is 1. The van der Waals surface area contributed by atoms with Crippen LogP contribution in [0.5, 0.6) is 0 Å². The van der Waals surface area contributed by atoms with Crippen LogP contribution in [0.2, 0.25) is 5.15 Å². The Morgan fingerprint density at radius 3 is 2.63 bits per heavy atom. The number of benzene rings is 1. The third-order valence-corrected chi connectivity index (χ3v) is 4.68. The van der Waals surface area contributed by atoms with Gasteiger partial charge in [-0.1, -0.05) is 30.7 Å². The van der Waals surface area contributed by atoms with Crippen LogP contribution in [-0.2, 0) is 15.1 Å². The Labute approximate surface area is 159 Å². The molecule has 1 aromatic carbocycles. The van der Waals surface area contributed by atoms with Crippen molar-refractivity contribution >= 4 is 35.1 Å². The third-order valence-electron chi connectivity index (χ3n) is 4.38. The fourth-order valence-corrected chi connectivity index (χ4v) is 3.12. The number of carbonyl (C=O) groups is 3. The predicted molar refractivity (Wildman–Crippen MR) is 96.5 cm³/mol. The van der Waals surface area contributed by atoms with Crippen molar-refractivity contribution in [3.05, 3.63) is 59.1 Å². The Bertz CT molecular complexity index is 906. The molecule has 0 saturated carbocycles. The number of carbonyl (C=O) groups excluding carboxylic acids is 3. The van der Waals surface area contributed by atoms with Crippen molar-refractivity contribution in [2.75, 3.05) is 11.9 Å². The van der Waals surface area contributed by atoms with Gasteiger partial charge < -0.3 is 10.6 Å². The van der Waals surface area contributed by atoms with E-state index in [4.69, 9.17) is 11.6 Å². The summed E-state index contributed by atoms with van der Waals surface area (Å²) in [7, 11) is 0. The average Bonchev–Trinajstić information content (AvgIpc) is 2.89. The van der Waals surface area contributed by atoms with Crippen LogP contribution >= 0.6 is 11.6 Å². The van der Waals surface area contributed by atoms with Crippen molar-refractivity contribution in [1.82, 2.24) is 15.2 Å². The molecule has 2 aromatic rings. The molecule has 1 atom stereocenters. The quantitative estimate of drug-likeness (QED) is 0.606. The Balaban J connectivity index is 1.80. The van der Waals surface area contributed by atoms with Gasteiger partial charge in [0.05, 0.1) is 5.69 Å². The Kier molecular flexibility index (Phi) is 5.09. The van der Waals surface area contributed by atoms with E-state index in [0.717, 1.165) is 4.90 Å². The molecule has 1 aromatic heterocycles. The zero-order chi connectivity index (χ0) is 19.6. The topological polar surface area (TPSA) is 91.4 Å². The lowest BCUT2D eigenvalue weighted by Crippen LogP contribution is -2.44. The van der Waals surface area contributed by atoms with Crippen LogP contribution < -0.4 is 10.6 Å². The van der Waals surface area contributed by atoms with Gasteiger partial charge in [0.25, 0.3) is 5.91 Å². The lowest BCUT2D eigenvalue weighted by molar-refractivity contribution is -0.134. The maximum Gasteiger partial charge on any atom is 0.325 e. The van der Waals surface area contributed by atoms with Crippen LogP contribution in [0.25, 0.3) is 0 Å². The van der Waals surface area contributed by atoms with E-state index in [2.05, 4.69) is 15.6 Å². The molecular weight excluding hydrogens is 375 g/mol. The third kappa shape index (κ3) is 3.48. The maximum absolute atomic E-state index is 13.2. The summed E-state index contributed by atoms with van der Waals surface area (Å²) < 4.78 is 13.2. The number of imide groups is 1. The average molecular weight is 391 g/mol. The first-order valence-corrected chi connectivity index (χ1v) is 8.55. The number of nitrogens with one attached hydrogen (secondary N) is 2. The van der Waals surface area contributed by atoms with E-state index in [9.17, 15) is 18.8 Å². The van der Waals surface area contributed by atoms with Gasteiger partial charge in [0.1, 0.15) is 17.9 Å².